The van der Waals surface area contributed by atoms with Crippen molar-refractivity contribution in [2.24, 2.45) is 7.05 Å². The first-order valence-electron chi connectivity index (χ1n) is 8.36. The van der Waals surface area contributed by atoms with Gasteiger partial charge < -0.3 is 9.64 Å². The lowest BCUT2D eigenvalue weighted by molar-refractivity contribution is -0.130. The molecule has 1 amide bonds. The summed E-state index contributed by atoms with van der Waals surface area (Å²) < 4.78 is 7.26. The van der Waals surface area contributed by atoms with Crippen LogP contribution in [0.1, 0.15) is 36.6 Å². The van der Waals surface area contributed by atoms with Crippen molar-refractivity contribution in [1.29, 1.82) is 10.5 Å². The average molecular weight is 344 g/mol. The quantitative estimate of drug-likeness (QED) is 0.688. The molecule has 0 aliphatic carbocycles. The predicted octanol–water partition coefficient (Wildman–Crippen LogP) is 1.14. The minimum atomic E-state index is -0.163. The van der Waals surface area contributed by atoms with Gasteiger partial charge in [0, 0.05) is 26.1 Å². The molecule has 0 unspecified atom stereocenters. The molecule has 0 aromatic carbocycles. The van der Waals surface area contributed by atoms with E-state index >= 15 is 0 Å². The number of nitrogens with zero attached hydrogens (tertiary/aromatic N) is 6. The third-order valence-corrected chi connectivity index (χ3v) is 4.59. The molecule has 1 fully saturated rings. The molecule has 1 aromatic rings. The number of likely N-dealkylation sites (tertiary alicyclic amines) is 1. The maximum atomic E-state index is 12.3. The van der Waals surface area contributed by atoms with Gasteiger partial charge in [-0.3, -0.25) is 9.69 Å². The number of aryl methyl sites for hydroxylation is 2. The highest BCUT2D eigenvalue weighted by Gasteiger charge is 2.32. The normalized spacial score (nSPS) is 17.1. The topological polar surface area (TPSA) is 98.2 Å². The van der Waals surface area contributed by atoms with Crippen LogP contribution < -0.4 is 4.74 Å². The molecule has 1 aromatic heterocycles. The largest absolute Gasteiger partial charge is 0.481 e. The van der Waals surface area contributed by atoms with Crippen molar-refractivity contribution in [3.05, 3.63) is 11.3 Å². The molecule has 8 nitrogen and oxygen atoms in total. The summed E-state index contributed by atoms with van der Waals surface area (Å²) in [7, 11) is 3.50. The second kappa shape index (κ2) is 8.50. The summed E-state index contributed by atoms with van der Waals surface area (Å²) >= 11 is 0. The van der Waals surface area contributed by atoms with Crippen LogP contribution in [0.15, 0.2) is 0 Å². The number of rotatable bonds is 7. The van der Waals surface area contributed by atoms with Crippen LogP contribution in [-0.4, -0.2) is 58.8 Å². The second-order valence-corrected chi connectivity index (χ2v) is 6.14. The van der Waals surface area contributed by atoms with E-state index in [0.29, 0.717) is 13.0 Å². The Morgan fingerprint density at radius 2 is 2.08 bits per heavy atom. The van der Waals surface area contributed by atoms with Crippen LogP contribution >= 0.6 is 0 Å². The molecule has 134 valence electrons. The number of methoxy groups -OCH3 is 1. The van der Waals surface area contributed by atoms with Gasteiger partial charge in [-0.05, 0) is 26.3 Å². The Balaban J connectivity index is 2.07. The zero-order valence-corrected chi connectivity index (χ0v) is 15.0. The van der Waals surface area contributed by atoms with E-state index in [4.69, 9.17) is 15.3 Å². The number of hydrogen-bond donors (Lipinski definition) is 0. The van der Waals surface area contributed by atoms with Crippen LogP contribution in [0.25, 0.3) is 0 Å². The van der Waals surface area contributed by atoms with E-state index in [2.05, 4.69) is 10.00 Å². The molecule has 1 aliphatic rings. The molecule has 2 heterocycles. The number of carbonyl (C=O) groups is 1. The third-order valence-electron chi connectivity index (χ3n) is 4.59. The number of hydrogen-bond acceptors (Lipinski definition) is 6. The summed E-state index contributed by atoms with van der Waals surface area (Å²) in [5.41, 5.74) is 2.03. The van der Waals surface area contributed by atoms with Gasteiger partial charge in [0.2, 0.25) is 11.8 Å². The van der Waals surface area contributed by atoms with E-state index < -0.39 is 0 Å². The summed E-state index contributed by atoms with van der Waals surface area (Å²) in [6.07, 6.45) is 2.34. The summed E-state index contributed by atoms with van der Waals surface area (Å²) in [5, 5.41) is 22.0. The standard InChI is InChI=1S/C17H24N6O2/c1-13-16(17(25-3)21(2)20-13)14-5-4-9-22(14)10-6-15(24)23(11-7-18)12-8-19/h14H,4-6,9-12H2,1-3H3/t14-/m0/s1. The lowest BCUT2D eigenvalue weighted by atomic mass is 10.0. The lowest BCUT2D eigenvalue weighted by Crippen LogP contribution is -2.35. The maximum Gasteiger partial charge on any atom is 0.225 e. The molecular formula is C17H24N6O2. The first-order chi connectivity index (χ1) is 12.0. The highest BCUT2D eigenvalue weighted by molar-refractivity contribution is 5.76. The van der Waals surface area contributed by atoms with Crippen molar-refractivity contribution in [3.63, 3.8) is 0 Å². The molecule has 0 radical (unpaired) electrons. The molecule has 25 heavy (non-hydrogen) atoms. The van der Waals surface area contributed by atoms with Gasteiger partial charge in [-0.15, -0.1) is 0 Å². The minimum Gasteiger partial charge on any atom is -0.481 e. The second-order valence-electron chi connectivity index (χ2n) is 6.14. The van der Waals surface area contributed by atoms with Crippen LogP contribution in [0.5, 0.6) is 5.88 Å². The van der Waals surface area contributed by atoms with E-state index in [1.54, 1.807) is 11.8 Å². The summed E-state index contributed by atoms with van der Waals surface area (Å²) in [6.45, 7) is 3.37. The number of carbonyl (C=O) groups excluding carboxylic acids is 1. The molecule has 0 spiro atoms. The summed E-state index contributed by atoms with van der Waals surface area (Å²) in [4.78, 5) is 15.8. The van der Waals surface area contributed by atoms with E-state index in [1.165, 1.54) is 4.90 Å². The Bertz CT molecular complexity index is 683. The fourth-order valence-electron chi connectivity index (χ4n) is 3.50. The molecule has 0 saturated carbocycles. The number of nitriles is 2. The molecule has 0 bridgehead atoms. The van der Waals surface area contributed by atoms with Crippen LogP contribution in [0.2, 0.25) is 0 Å². The number of ether oxygens (including phenoxy) is 1. The van der Waals surface area contributed by atoms with E-state index in [0.717, 1.165) is 36.5 Å². The van der Waals surface area contributed by atoms with Gasteiger partial charge in [0.15, 0.2) is 0 Å². The Hall–Kier alpha value is -2.58. The van der Waals surface area contributed by atoms with Crippen LogP contribution in [-0.2, 0) is 11.8 Å². The number of amides is 1. The van der Waals surface area contributed by atoms with Crippen LogP contribution in [0, 0.1) is 29.6 Å². The van der Waals surface area contributed by atoms with Crippen molar-refractivity contribution >= 4 is 5.91 Å². The van der Waals surface area contributed by atoms with Crippen molar-refractivity contribution in [2.75, 3.05) is 33.3 Å². The van der Waals surface area contributed by atoms with Crippen molar-refractivity contribution in [3.8, 4) is 18.0 Å². The van der Waals surface area contributed by atoms with Crippen LogP contribution in [0.3, 0.4) is 0 Å². The van der Waals surface area contributed by atoms with Gasteiger partial charge in [-0.1, -0.05) is 0 Å². The van der Waals surface area contributed by atoms with Gasteiger partial charge >= 0.3 is 0 Å². The Morgan fingerprint density at radius 3 is 2.68 bits per heavy atom. The van der Waals surface area contributed by atoms with E-state index in [1.807, 2.05) is 26.1 Å². The molecule has 1 saturated heterocycles. The average Bonchev–Trinajstić information content (AvgIpc) is 3.15. The Kier molecular flexibility index (Phi) is 6.37. The van der Waals surface area contributed by atoms with Crippen molar-refractivity contribution in [2.45, 2.75) is 32.2 Å². The number of aromatic nitrogens is 2. The molecule has 1 atom stereocenters. The zero-order valence-electron chi connectivity index (χ0n) is 15.0. The van der Waals surface area contributed by atoms with Crippen LogP contribution in [0.4, 0.5) is 0 Å². The predicted molar refractivity (Wildman–Crippen MR) is 90.5 cm³/mol. The van der Waals surface area contributed by atoms with E-state index in [-0.39, 0.29) is 25.0 Å². The Labute approximate surface area is 148 Å². The summed E-state index contributed by atoms with van der Waals surface area (Å²) in [5.74, 6) is 0.597. The lowest BCUT2D eigenvalue weighted by Gasteiger charge is -2.25. The Morgan fingerprint density at radius 1 is 1.40 bits per heavy atom. The monoisotopic (exact) mass is 344 g/mol. The molecule has 0 N–H and O–H groups in total. The van der Waals surface area contributed by atoms with Crippen molar-refractivity contribution in [1.82, 2.24) is 19.6 Å². The fourth-order valence-corrected chi connectivity index (χ4v) is 3.50. The zero-order chi connectivity index (χ0) is 18.4. The highest BCUT2D eigenvalue weighted by atomic mass is 16.5. The van der Waals surface area contributed by atoms with Gasteiger partial charge in [-0.2, -0.15) is 15.6 Å². The molecule has 8 heteroatoms. The maximum absolute atomic E-state index is 12.3. The molecular weight excluding hydrogens is 320 g/mol. The SMILES string of the molecule is COc1c([C@@H]2CCCN2CCC(=O)N(CC#N)CC#N)c(C)nn1C. The third kappa shape index (κ3) is 4.09. The molecule has 2 rings (SSSR count). The smallest absolute Gasteiger partial charge is 0.225 e. The molecule has 1 aliphatic heterocycles. The van der Waals surface area contributed by atoms with Crippen molar-refractivity contribution < 1.29 is 9.53 Å². The first-order valence-corrected chi connectivity index (χ1v) is 8.36. The van der Waals surface area contributed by atoms with Gasteiger partial charge in [0.05, 0.1) is 30.5 Å². The van der Waals surface area contributed by atoms with Gasteiger partial charge in [0.1, 0.15) is 13.1 Å². The fraction of sp³-hybridized carbons (Fsp3) is 0.647. The van der Waals surface area contributed by atoms with Gasteiger partial charge in [-0.25, -0.2) is 4.68 Å². The highest BCUT2D eigenvalue weighted by Crippen LogP contribution is 2.38. The van der Waals surface area contributed by atoms with E-state index in [9.17, 15) is 4.79 Å². The van der Waals surface area contributed by atoms with Gasteiger partial charge in [0.25, 0.3) is 0 Å². The minimum absolute atomic E-state index is 0.0502. The first kappa shape index (κ1) is 18.8. The summed E-state index contributed by atoms with van der Waals surface area (Å²) in [6, 6.07) is 4.05.